The van der Waals surface area contributed by atoms with E-state index in [0.717, 1.165) is 0 Å². The Bertz CT molecular complexity index is 218. The molecule has 0 bridgehead atoms. The van der Waals surface area contributed by atoms with Crippen molar-refractivity contribution in [3.05, 3.63) is 0 Å². The zero-order chi connectivity index (χ0) is 9.56. The number of aliphatic carboxylic acids is 1. The number of aliphatic hydroxyl groups excluding tert-OH is 1. The van der Waals surface area contributed by atoms with E-state index in [4.69, 9.17) is 15.5 Å². The molecular weight excluding hydrogens is 162 g/mol. The third kappa shape index (κ3) is 5.38. The number of nitrogens with zero attached hydrogens (tertiary/aromatic N) is 1. The van der Waals surface area contributed by atoms with Gasteiger partial charge in [0.2, 0.25) is 0 Å². The van der Waals surface area contributed by atoms with Crippen molar-refractivity contribution in [1.29, 1.82) is 5.26 Å². The summed E-state index contributed by atoms with van der Waals surface area (Å²) in [5.41, 5.74) is 0. The van der Waals surface area contributed by atoms with Crippen LogP contribution in [0.3, 0.4) is 0 Å². The largest absolute Gasteiger partial charge is 0.481 e. The number of ketones is 1. The molecule has 5 nitrogen and oxygen atoms in total. The van der Waals surface area contributed by atoms with Crippen LogP contribution in [0.2, 0.25) is 0 Å². The Kier molecular flexibility index (Phi) is 4.65. The highest BCUT2D eigenvalue weighted by Gasteiger charge is 2.12. The van der Waals surface area contributed by atoms with E-state index < -0.39 is 24.3 Å². The summed E-state index contributed by atoms with van der Waals surface area (Å²) in [6.45, 7) is 0. The van der Waals surface area contributed by atoms with Gasteiger partial charge in [-0.05, 0) is 0 Å². The van der Waals surface area contributed by atoms with Crippen LogP contribution in [0.4, 0.5) is 0 Å². The van der Waals surface area contributed by atoms with Crippen LogP contribution in [-0.2, 0) is 9.59 Å². The molecule has 1 atom stereocenters. The molecule has 5 heteroatoms. The van der Waals surface area contributed by atoms with Gasteiger partial charge in [0.15, 0.2) is 0 Å². The number of carboxylic acids is 1. The normalized spacial score (nSPS) is 11.7. The zero-order valence-electron chi connectivity index (χ0n) is 6.36. The minimum absolute atomic E-state index is 0.147. The molecule has 12 heavy (non-hydrogen) atoms. The SMILES string of the molecule is N#CCC(O)CC(=O)CC(=O)O. The fourth-order valence-corrected chi connectivity index (χ4v) is 0.681. The highest BCUT2D eigenvalue weighted by Crippen LogP contribution is 1.99. The zero-order valence-corrected chi connectivity index (χ0v) is 6.36. The first kappa shape index (κ1) is 10.6. The first-order chi connectivity index (χ1) is 5.56. The number of rotatable bonds is 5. The Morgan fingerprint density at radius 1 is 1.50 bits per heavy atom. The number of hydrogen-bond donors (Lipinski definition) is 2. The van der Waals surface area contributed by atoms with Gasteiger partial charge >= 0.3 is 5.97 Å². The van der Waals surface area contributed by atoms with Crippen LogP contribution in [0.1, 0.15) is 19.3 Å². The third-order valence-corrected chi connectivity index (χ3v) is 1.14. The molecule has 0 radical (unpaired) electrons. The van der Waals surface area contributed by atoms with Gasteiger partial charge in [0.1, 0.15) is 12.2 Å². The predicted molar refractivity (Wildman–Crippen MR) is 38.1 cm³/mol. The maximum Gasteiger partial charge on any atom is 0.310 e. The number of aliphatic hydroxyl groups is 1. The van der Waals surface area contributed by atoms with Gasteiger partial charge in [-0.25, -0.2) is 0 Å². The van der Waals surface area contributed by atoms with E-state index in [1.807, 2.05) is 0 Å². The molecule has 0 aromatic rings. The Labute approximate surface area is 69.2 Å². The lowest BCUT2D eigenvalue weighted by Gasteiger charge is -2.02. The molecule has 0 aliphatic heterocycles. The van der Waals surface area contributed by atoms with Crippen LogP contribution in [0, 0.1) is 11.3 Å². The second-order valence-corrected chi connectivity index (χ2v) is 2.33. The van der Waals surface area contributed by atoms with E-state index in [1.165, 1.54) is 0 Å². The lowest BCUT2D eigenvalue weighted by atomic mass is 10.1. The molecule has 0 rings (SSSR count). The van der Waals surface area contributed by atoms with Gasteiger partial charge in [0.25, 0.3) is 0 Å². The van der Waals surface area contributed by atoms with Gasteiger partial charge in [-0.15, -0.1) is 0 Å². The molecule has 0 heterocycles. The van der Waals surface area contributed by atoms with Crippen molar-refractivity contribution < 1.29 is 19.8 Å². The summed E-state index contributed by atoms with van der Waals surface area (Å²) in [5.74, 6) is -1.78. The van der Waals surface area contributed by atoms with Crippen molar-refractivity contribution in [3.63, 3.8) is 0 Å². The molecule has 0 aromatic carbocycles. The maximum absolute atomic E-state index is 10.7. The van der Waals surface area contributed by atoms with Crippen LogP contribution in [0.25, 0.3) is 0 Å². The van der Waals surface area contributed by atoms with E-state index in [2.05, 4.69) is 0 Å². The lowest BCUT2D eigenvalue weighted by molar-refractivity contribution is -0.140. The van der Waals surface area contributed by atoms with Crippen molar-refractivity contribution in [3.8, 4) is 6.07 Å². The van der Waals surface area contributed by atoms with Crippen LogP contribution in [0.15, 0.2) is 0 Å². The van der Waals surface area contributed by atoms with E-state index in [-0.39, 0.29) is 12.8 Å². The molecule has 0 aliphatic carbocycles. The molecule has 0 saturated carbocycles. The van der Waals surface area contributed by atoms with Gasteiger partial charge in [0, 0.05) is 6.42 Å². The summed E-state index contributed by atoms with van der Waals surface area (Å²) in [5, 5.41) is 25.1. The Morgan fingerprint density at radius 3 is 2.50 bits per heavy atom. The lowest BCUT2D eigenvalue weighted by Crippen LogP contribution is -2.15. The van der Waals surface area contributed by atoms with Crippen molar-refractivity contribution in [2.75, 3.05) is 0 Å². The summed E-state index contributed by atoms with van der Waals surface area (Å²) < 4.78 is 0. The Balaban J connectivity index is 3.70. The summed E-state index contributed by atoms with van der Waals surface area (Å²) in [7, 11) is 0. The topological polar surface area (TPSA) is 98.4 Å². The fourth-order valence-electron chi connectivity index (χ4n) is 0.681. The van der Waals surface area contributed by atoms with Crippen LogP contribution in [-0.4, -0.2) is 28.1 Å². The minimum Gasteiger partial charge on any atom is -0.481 e. The van der Waals surface area contributed by atoms with E-state index in [1.54, 1.807) is 6.07 Å². The fraction of sp³-hybridized carbons (Fsp3) is 0.571. The first-order valence-electron chi connectivity index (χ1n) is 3.34. The molecule has 2 N–H and O–H groups in total. The van der Waals surface area contributed by atoms with Crippen molar-refractivity contribution in [2.24, 2.45) is 0 Å². The summed E-state index contributed by atoms with van der Waals surface area (Å²) in [6.07, 6.45) is -2.05. The molecule has 0 aromatic heterocycles. The standard InChI is InChI=1S/C7H9NO4/c8-2-1-5(9)3-6(10)4-7(11)12/h5,9H,1,3-4H2,(H,11,12). The minimum atomic E-state index is -1.22. The first-order valence-corrected chi connectivity index (χ1v) is 3.34. The highest BCUT2D eigenvalue weighted by atomic mass is 16.4. The molecule has 66 valence electrons. The summed E-state index contributed by atoms with van der Waals surface area (Å²) in [6, 6.07) is 1.68. The quantitative estimate of drug-likeness (QED) is 0.553. The molecule has 1 unspecified atom stereocenters. The van der Waals surface area contributed by atoms with Crippen LogP contribution in [0.5, 0.6) is 0 Å². The second kappa shape index (κ2) is 5.27. The molecule has 0 saturated heterocycles. The van der Waals surface area contributed by atoms with Crippen molar-refractivity contribution in [2.45, 2.75) is 25.4 Å². The molecular formula is C7H9NO4. The maximum atomic E-state index is 10.7. The number of Topliss-reactive ketones (excluding diaryl/α,β-unsaturated/α-hetero) is 1. The molecule has 0 amide bonds. The average Bonchev–Trinajstić information content (AvgIpc) is 1.84. The highest BCUT2D eigenvalue weighted by molar-refractivity contribution is 5.94. The number of nitriles is 1. The number of carbonyl (C=O) groups excluding carboxylic acids is 1. The third-order valence-electron chi connectivity index (χ3n) is 1.14. The van der Waals surface area contributed by atoms with E-state index in [9.17, 15) is 9.59 Å². The molecule has 0 fully saturated rings. The van der Waals surface area contributed by atoms with Gasteiger partial charge in [-0.3, -0.25) is 9.59 Å². The van der Waals surface area contributed by atoms with Crippen molar-refractivity contribution >= 4 is 11.8 Å². The van der Waals surface area contributed by atoms with Crippen LogP contribution >= 0.6 is 0 Å². The summed E-state index contributed by atoms with van der Waals surface area (Å²) >= 11 is 0. The van der Waals surface area contributed by atoms with Crippen molar-refractivity contribution in [1.82, 2.24) is 0 Å². The van der Waals surface area contributed by atoms with E-state index >= 15 is 0 Å². The molecule has 0 aliphatic rings. The number of hydrogen-bond acceptors (Lipinski definition) is 4. The number of carbonyl (C=O) groups is 2. The number of carboxylic acid groups (broad SMARTS) is 1. The smallest absolute Gasteiger partial charge is 0.310 e. The van der Waals surface area contributed by atoms with Gasteiger partial charge in [-0.2, -0.15) is 5.26 Å². The Morgan fingerprint density at radius 2 is 2.08 bits per heavy atom. The Hall–Kier alpha value is -1.41. The monoisotopic (exact) mass is 171 g/mol. The molecule has 0 spiro atoms. The van der Waals surface area contributed by atoms with Gasteiger partial charge < -0.3 is 10.2 Å². The predicted octanol–water partition coefficient (Wildman–Crippen LogP) is -0.305. The van der Waals surface area contributed by atoms with Gasteiger partial charge in [-0.1, -0.05) is 0 Å². The average molecular weight is 171 g/mol. The van der Waals surface area contributed by atoms with Crippen LogP contribution < -0.4 is 0 Å². The van der Waals surface area contributed by atoms with E-state index in [0.29, 0.717) is 0 Å². The van der Waals surface area contributed by atoms with Gasteiger partial charge in [0.05, 0.1) is 18.6 Å². The second-order valence-electron chi connectivity index (χ2n) is 2.33. The summed E-state index contributed by atoms with van der Waals surface area (Å²) in [4.78, 5) is 20.7.